The number of ether oxygens (including phenoxy) is 1. The van der Waals surface area contributed by atoms with Crippen molar-refractivity contribution in [3.05, 3.63) is 39.1 Å². The Labute approximate surface area is 124 Å². The lowest BCUT2D eigenvalue weighted by Crippen LogP contribution is -2.02. The Balaban J connectivity index is 2.22. The minimum absolute atomic E-state index is 0.351. The molecule has 1 heterocycles. The van der Waals surface area contributed by atoms with Crippen LogP contribution in [0.3, 0.4) is 0 Å². The fraction of sp³-hybridized carbons (Fsp3) is 0.167. The SMILES string of the molecule is CCNc1ncc(Cl)c(Oc2ccc(I)cc2)n1. The van der Waals surface area contributed by atoms with Gasteiger partial charge >= 0.3 is 0 Å². The van der Waals surface area contributed by atoms with E-state index in [4.69, 9.17) is 16.3 Å². The number of halogens is 2. The van der Waals surface area contributed by atoms with E-state index in [-0.39, 0.29) is 0 Å². The smallest absolute Gasteiger partial charge is 0.243 e. The number of nitrogens with zero attached hydrogens (tertiary/aromatic N) is 2. The lowest BCUT2D eigenvalue weighted by atomic mass is 10.3. The predicted octanol–water partition coefficient (Wildman–Crippen LogP) is 3.96. The van der Waals surface area contributed by atoms with Crippen LogP contribution in [0, 0.1) is 3.57 Å². The van der Waals surface area contributed by atoms with E-state index in [1.165, 1.54) is 6.20 Å². The van der Waals surface area contributed by atoms with E-state index in [0.717, 1.165) is 10.1 Å². The largest absolute Gasteiger partial charge is 0.437 e. The lowest BCUT2D eigenvalue weighted by Gasteiger charge is -2.08. The van der Waals surface area contributed by atoms with Crippen molar-refractivity contribution in [1.29, 1.82) is 0 Å². The first kappa shape index (κ1) is 13.4. The Kier molecular flexibility index (Phi) is 4.60. The Morgan fingerprint density at radius 1 is 1.33 bits per heavy atom. The van der Waals surface area contributed by atoms with Crippen LogP contribution in [0.1, 0.15) is 6.92 Å². The van der Waals surface area contributed by atoms with Crippen LogP contribution in [0.15, 0.2) is 30.5 Å². The highest BCUT2D eigenvalue weighted by Crippen LogP contribution is 2.27. The van der Waals surface area contributed by atoms with E-state index in [1.807, 2.05) is 31.2 Å². The molecule has 0 atom stereocenters. The highest BCUT2D eigenvalue weighted by atomic mass is 127. The van der Waals surface area contributed by atoms with Gasteiger partial charge in [0.15, 0.2) is 0 Å². The van der Waals surface area contributed by atoms with E-state index < -0.39 is 0 Å². The normalized spacial score (nSPS) is 10.2. The van der Waals surface area contributed by atoms with Gasteiger partial charge in [-0.1, -0.05) is 11.6 Å². The van der Waals surface area contributed by atoms with Gasteiger partial charge in [0.05, 0.1) is 6.20 Å². The molecule has 0 saturated heterocycles. The average molecular weight is 376 g/mol. The summed E-state index contributed by atoms with van der Waals surface area (Å²) in [5.74, 6) is 1.55. The molecule has 0 aliphatic carbocycles. The third-order valence-electron chi connectivity index (χ3n) is 2.07. The second-order valence-corrected chi connectivity index (χ2v) is 5.09. The second kappa shape index (κ2) is 6.19. The summed E-state index contributed by atoms with van der Waals surface area (Å²) in [6.45, 7) is 2.71. The summed E-state index contributed by atoms with van der Waals surface area (Å²) in [6, 6.07) is 7.65. The van der Waals surface area contributed by atoms with Crippen LogP contribution in [-0.4, -0.2) is 16.5 Å². The van der Waals surface area contributed by atoms with E-state index in [1.54, 1.807) is 0 Å². The molecule has 94 valence electrons. The highest BCUT2D eigenvalue weighted by molar-refractivity contribution is 14.1. The first-order valence-electron chi connectivity index (χ1n) is 5.39. The molecular formula is C12H11ClIN3O. The fourth-order valence-corrected chi connectivity index (χ4v) is 1.77. The van der Waals surface area contributed by atoms with Crippen molar-refractivity contribution in [2.75, 3.05) is 11.9 Å². The van der Waals surface area contributed by atoms with Gasteiger partial charge in [0.2, 0.25) is 11.8 Å². The summed E-state index contributed by atoms with van der Waals surface area (Å²) >= 11 is 8.23. The maximum Gasteiger partial charge on any atom is 0.243 e. The molecule has 0 spiro atoms. The van der Waals surface area contributed by atoms with Gasteiger partial charge in [-0.25, -0.2) is 4.98 Å². The van der Waals surface area contributed by atoms with E-state index in [0.29, 0.717) is 22.6 Å². The van der Waals surface area contributed by atoms with Crippen molar-refractivity contribution in [2.24, 2.45) is 0 Å². The number of hydrogen-bond acceptors (Lipinski definition) is 4. The summed E-state index contributed by atoms with van der Waals surface area (Å²) in [5.41, 5.74) is 0. The van der Waals surface area contributed by atoms with E-state index >= 15 is 0 Å². The average Bonchev–Trinajstić information content (AvgIpc) is 2.36. The van der Waals surface area contributed by atoms with Gasteiger partial charge < -0.3 is 10.1 Å². The summed E-state index contributed by atoms with van der Waals surface area (Å²) in [4.78, 5) is 8.25. The molecule has 0 bridgehead atoms. The molecule has 0 amide bonds. The van der Waals surface area contributed by atoms with Crippen LogP contribution in [0.5, 0.6) is 11.6 Å². The van der Waals surface area contributed by atoms with E-state index in [2.05, 4.69) is 37.9 Å². The number of benzene rings is 1. The zero-order valence-corrected chi connectivity index (χ0v) is 12.6. The molecule has 0 aliphatic rings. The summed E-state index contributed by atoms with van der Waals surface area (Å²) in [6.07, 6.45) is 1.52. The molecule has 0 unspecified atom stereocenters. The summed E-state index contributed by atoms with van der Waals surface area (Å²) < 4.78 is 6.77. The van der Waals surface area contributed by atoms with Crippen LogP contribution in [-0.2, 0) is 0 Å². The number of aromatic nitrogens is 2. The molecule has 4 nitrogen and oxygen atoms in total. The van der Waals surface area contributed by atoms with Crippen molar-refractivity contribution in [3.63, 3.8) is 0 Å². The molecule has 0 fully saturated rings. The van der Waals surface area contributed by atoms with Crippen molar-refractivity contribution < 1.29 is 4.74 Å². The predicted molar refractivity (Wildman–Crippen MR) is 80.4 cm³/mol. The first-order chi connectivity index (χ1) is 8.69. The maximum absolute atomic E-state index is 6.00. The van der Waals surface area contributed by atoms with Gasteiger partial charge in [-0.2, -0.15) is 4.98 Å². The Morgan fingerprint density at radius 3 is 2.72 bits per heavy atom. The number of hydrogen-bond donors (Lipinski definition) is 1. The molecule has 6 heteroatoms. The van der Waals surface area contributed by atoms with Crippen LogP contribution >= 0.6 is 34.2 Å². The molecule has 1 aromatic carbocycles. The van der Waals surface area contributed by atoms with Crippen LogP contribution < -0.4 is 10.1 Å². The molecular weight excluding hydrogens is 365 g/mol. The Bertz CT molecular complexity index is 533. The summed E-state index contributed by atoms with van der Waals surface area (Å²) in [5, 5.41) is 3.39. The van der Waals surface area contributed by atoms with Gasteiger partial charge in [-0.15, -0.1) is 0 Å². The summed E-state index contributed by atoms with van der Waals surface area (Å²) in [7, 11) is 0. The quantitative estimate of drug-likeness (QED) is 0.822. The number of rotatable bonds is 4. The minimum atomic E-state index is 0.351. The second-order valence-electron chi connectivity index (χ2n) is 3.43. The third-order valence-corrected chi connectivity index (χ3v) is 3.05. The molecule has 18 heavy (non-hydrogen) atoms. The van der Waals surface area contributed by atoms with Gasteiger partial charge in [-0.05, 0) is 53.8 Å². The van der Waals surface area contributed by atoms with E-state index in [9.17, 15) is 0 Å². The standard InChI is InChI=1S/C12H11ClIN3O/c1-2-15-12-16-7-10(13)11(17-12)18-9-5-3-8(14)4-6-9/h3-7H,2H2,1H3,(H,15,16,17). The highest BCUT2D eigenvalue weighted by Gasteiger charge is 2.07. The minimum Gasteiger partial charge on any atom is -0.437 e. The zero-order chi connectivity index (χ0) is 13.0. The lowest BCUT2D eigenvalue weighted by molar-refractivity contribution is 0.462. The van der Waals surface area contributed by atoms with Gasteiger partial charge in [0.1, 0.15) is 10.8 Å². The van der Waals surface area contributed by atoms with Crippen molar-refractivity contribution in [1.82, 2.24) is 9.97 Å². The molecule has 0 saturated carbocycles. The van der Waals surface area contributed by atoms with Crippen LogP contribution in [0.25, 0.3) is 0 Å². The van der Waals surface area contributed by atoms with Crippen LogP contribution in [0.2, 0.25) is 5.02 Å². The molecule has 1 N–H and O–H groups in total. The third kappa shape index (κ3) is 3.46. The van der Waals surface area contributed by atoms with Gasteiger partial charge in [-0.3, -0.25) is 0 Å². The Hall–Kier alpha value is -1.08. The molecule has 2 rings (SSSR count). The van der Waals surface area contributed by atoms with Gasteiger partial charge in [0.25, 0.3) is 0 Å². The topological polar surface area (TPSA) is 47.0 Å². The zero-order valence-electron chi connectivity index (χ0n) is 9.65. The van der Waals surface area contributed by atoms with Crippen molar-refractivity contribution >= 4 is 40.1 Å². The number of anilines is 1. The molecule has 2 aromatic rings. The van der Waals surface area contributed by atoms with Gasteiger partial charge in [0, 0.05) is 10.1 Å². The monoisotopic (exact) mass is 375 g/mol. The fourth-order valence-electron chi connectivity index (χ4n) is 1.28. The van der Waals surface area contributed by atoms with Crippen molar-refractivity contribution in [2.45, 2.75) is 6.92 Å². The first-order valence-corrected chi connectivity index (χ1v) is 6.84. The van der Waals surface area contributed by atoms with Crippen molar-refractivity contribution in [3.8, 4) is 11.6 Å². The van der Waals surface area contributed by atoms with Crippen LogP contribution in [0.4, 0.5) is 5.95 Å². The molecule has 0 radical (unpaired) electrons. The molecule has 0 aliphatic heterocycles. The maximum atomic E-state index is 6.00. The molecule has 1 aromatic heterocycles. The Morgan fingerprint density at radius 2 is 2.06 bits per heavy atom. The number of nitrogens with one attached hydrogen (secondary N) is 1.